The fourth-order valence-electron chi connectivity index (χ4n) is 2.99. The first-order chi connectivity index (χ1) is 15.6. The number of para-hydroxylation sites is 1. The van der Waals surface area contributed by atoms with E-state index >= 15 is 0 Å². The van der Waals surface area contributed by atoms with Crippen LogP contribution in [0.25, 0.3) is 0 Å². The topological polar surface area (TPSA) is 79.2 Å². The molecule has 0 aliphatic carbocycles. The number of anilines is 1. The van der Waals surface area contributed by atoms with Crippen molar-refractivity contribution in [3.05, 3.63) is 83.9 Å². The Balaban J connectivity index is 1.61. The summed E-state index contributed by atoms with van der Waals surface area (Å²) in [5.74, 6) is 0.655. The lowest BCUT2D eigenvalue weighted by atomic mass is 10.2. The van der Waals surface area contributed by atoms with Crippen LogP contribution in [0.3, 0.4) is 0 Å². The van der Waals surface area contributed by atoms with E-state index in [4.69, 9.17) is 4.74 Å². The standard InChI is InChI=1S/C26H24N2O3S/c1-19(29)8-6-7-17-31-22-15-13-20(14-16-22)26(30)28-23-10-3-5-12-25(23)32-24-11-4-2-9-21(24)18-27/h2-5,9-16H,6-8,17H2,1H3,(H,28,30). The maximum Gasteiger partial charge on any atom is 0.255 e. The number of Topliss-reactive ketones (excluding diaryl/α,β-unsaturated/α-hetero) is 1. The first kappa shape index (κ1) is 23.1. The summed E-state index contributed by atoms with van der Waals surface area (Å²) in [6.45, 7) is 2.13. The molecule has 5 nitrogen and oxygen atoms in total. The average Bonchev–Trinajstić information content (AvgIpc) is 2.80. The van der Waals surface area contributed by atoms with Gasteiger partial charge >= 0.3 is 0 Å². The summed E-state index contributed by atoms with van der Waals surface area (Å²) in [6, 6.07) is 24.1. The van der Waals surface area contributed by atoms with E-state index < -0.39 is 0 Å². The van der Waals surface area contributed by atoms with Gasteiger partial charge in [-0.05, 0) is 68.3 Å². The summed E-state index contributed by atoms with van der Waals surface area (Å²) >= 11 is 1.44. The number of ether oxygens (including phenoxy) is 1. The molecule has 162 valence electrons. The second-order valence-corrected chi connectivity index (χ2v) is 8.28. The zero-order chi connectivity index (χ0) is 22.8. The van der Waals surface area contributed by atoms with Crippen molar-refractivity contribution in [1.29, 1.82) is 5.26 Å². The van der Waals surface area contributed by atoms with Crippen LogP contribution < -0.4 is 10.1 Å². The lowest BCUT2D eigenvalue weighted by Crippen LogP contribution is -2.12. The lowest BCUT2D eigenvalue weighted by Gasteiger charge is -2.12. The van der Waals surface area contributed by atoms with Crippen LogP contribution in [-0.4, -0.2) is 18.3 Å². The van der Waals surface area contributed by atoms with Crippen LogP contribution >= 0.6 is 11.8 Å². The van der Waals surface area contributed by atoms with E-state index in [-0.39, 0.29) is 11.7 Å². The minimum Gasteiger partial charge on any atom is -0.494 e. The van der Waals surface area contributed by atoms with Crippen molar-refractivity contribution in [2.24, 2.45) is 0 Å². The maximum atomic E-state index is 12.8. The first-order valence-corrected chi connectivity index (χ1v) is 11.2. The molecule has 3 rings (SSSR count). The number of nitriles is 1. The zero-order valence-electron chi connectivity index (χ0n) is 17.8. The van der Waals surface area contributed by atoms with Crippen molar-refractivity contribution >= 4 is 29.1 Å². The van der Waals surface area contributed by atoms with Gasteiger partial charge in [-0.1, -0.05) is 36.0 Å². The van der Waals surface area contributed by atoms with E-state index in [1.54, 1.807) is 37.3 Å². The molecule has 0 unspecified atom stereocenters. The van der Waals surface area contributed by atoms with Gasteiger partial charge in [-0.15, -0.1) is 0 Å². The number of carbonyl (C=O) groups is 2. The summed E-state index contributed by atoms with van der Waals surface area (Å²) in [4.78, 5) is 25.4. The molecule has 3 aromatic carbocycles. The molecule has 0 radical (unpaired) electrons. The Bertz CT molecular complexity index is 1120. The van der Waals surface area contributed by atoms with Crippen LogP contribution in [0.15, 0.2) is 82.6 Å². The Morgan fingerprint density at radius 2 is 1.62 bits per heavy atom. The third-order valence-corrected chi connectivity index (χ3v) is 5.82. The normalized spacial score (nSPS) is 10.2. The van der Waals surface area contributed by atoms with Gasteiger partial charge in [0.2, 0.25) is 0 Å². The van der Waals surface area contributed by atoms with Crippen molar-refractivity contribution in [3.63, 3.8) is 0 Å². The third kappa shape index (κ3) is 6.73. The fraction of sp³-hybridized carbons (Fsp3) is 0.192. The molecule has 32 heavy (non-hydrogen) atoms. The predicted octanol–water partition coefficient (Wildman–Crippen LogP) is 6.10. The number of hydrogen-bond donors (Lipinski definition) is 1. The summed E-state index contributed by atoms with van der Waals surface area (Å²) in [5.41, 5.74) is 1.79. The largest absolute Gasteiger partial charge is 0.494 e. The number of hydrogen-bond acceptors (Lipinski definition) is 5. The second kappa shape index (κ2) is 11.7. The molecule has 0 bridgehead atoms. The monoisotopic (exact) mass is 444 g/mol. The van der Waals surface area contributed by atoms with Crippen LogP contribution in [-0.2, 0) is 4.79 Å². The summed E-state index contributed by atoms with van der Waals surface area (Å²) in [7, 11) is 0. The number of amides is 1. The molecule has 0 saturated carbocycles. The fourth-order valence-corrected chi connectivity index (χ4v) is 3.97. The molecule has 0 atom stereocenters. The highest BCUT2D eigenvalue weighted by atomic mass is 32.2. The quantitative estimate of drug-likeness (QED) is 0.382. The van der Waals surface area contributed by atoms with E-state index in [0.717, 1.165) is 22.6 Å². The van der Waals surface area contributed by atoms with Crippen molar-refractivity contribution in [1.82, 2.24) is 0 Å². The van der Waals surface area contributed by atoms with Crippen LogP contribution in [0.2, 0.25) is 0 Å². The molecular formula is C26H24N2O3S. The number of benzene rings is 3. The molecular weight excluding hydrogens is 420 g/mol. The zero-order valence-corrected chi connectivity index (χ0v) is 18.7. The van der Waals surface area contributed by atoms with E-state index in [2.05, 4.69) is 11.4 Å². The maximum absolute atomic E-state index is 12.8. The number of ketones is 1. The van der Waals surface area contributed by atoms with E-state index in [1.165, 1.54) is 11.8 Å². The van der Waals surface area contributed by atoms with Crippen molar-refractivity contribution in [3.8, 4) is 11.8 Å². The SMILES string of the molecule is CC(=O)CCCCOc1ccc(C(=O)Nc2ccccc2Sc2ccccc2C#N)cc1. The molecule has 1 N–H and O–H groups in total. The molecule has 0 aromatic heterocycles. The van der Waals surface area contributed by atoms with Crippen molar-refractivity contribution in [2.75, 3.05) is 11.9 Å². The van der Waals surface area contributed by atoms with E-state index in [9.17, 15) is 14.9 Å². The smallest absolute Gasteiger partial charge is 0.255 e. The average molecular weight is 445 g/mol. The van der Waals surface area contributed by atoms with E-state index in [1.807, 2.05) is 42.5 Å². The van der Waals surface area contributed by atoms with Crippen LogP contribution in [0, 0.1) is 11.3 Å². The van der Waals surface area contributed by atoms with Crippen LogP contribution in [0.4, 0.5) is 5.69 Å². The third-order valence-electron chi connectivity index (χ3n) is 4.67. The Morgan fingerprint density at radius 1 is 0.938 bits per heavy atom. The highest BCUT2D eigenvalue weighted by Gasteiger charge is 2.12. The minimum absolute atomic E-state index is 0.189. The van der Waals surface area contributed by atoms with Crippen molar-refractivity contribution < 1.29 is 14.3 Å². The van der Waals surface area contributed by atoms with Gasteiger partial charge in [-0.2, -0.15) is 5.26 Å². The molecule has 0 aliphatic heterocycles. The van der Waals surface area contributed by atoms with Gasteiger partial charge < -0.3 is 14.8 Å². The summed E-state index contributed by atoms with van der Waals surface area (Å²) in [6.07, 6.45) is 2.20. The minimum atomic E-state index is -0.223. The number of nitrogens with zero attached hydrogens (tertiary/aromatic N) is 1. The summed E-state index contributed by atoms with van der Waals surface area (Å²) in [5, 5.41) is 12.3. The number of carbonyl (C=O) groups excluding carboxylic acids is 2. The lowest BCUT2D eigenvalue weighted by molar-refractivity contribution is -0.117. The number of unbranched alkanes of at least 4 members (excludes halogenated alkanes) is 1. The Labute approximate surface area is 192 Å². The molecule has 0 aliphatic rings. The molecule has 6 heteroatoms. The predicted molar refractivity (Wildman–Crippen MR) is 126 cm³/mol. The van der Waals surface area contributed by atoms with Gasteiger partial charge in [-0.25, -0.2) is 0 Å². The number of nitrogens with one attached hydrogen (secondary N) is 1. The first-order valence-electron chi connectivity index (χ1n) is 10.4. The van der Waals surface area contributed by atoms with Crippen LogP contribution in [0.5, 0.6) is 5.75 Å². The van der Waals surface area contributed by atoms with Gasteiger partial charge in [0, 0.05) is 21.8 Å². The van der Waals surface area contributed by atoms with Gasteiger partial charge in [0.05, 0.1) is 17.9 Å². The van der Waals surface area contributed by atoms with Crippen molar-refractivity contribution in [2.45, 2.75) is 36.0 Å². The molecule has 0 heterocycles. The van der Waals surface area contributed by atoms with Gasteiger partial charge in [0.25, 0.3) is 5.91 Å². The van der Waals surface area contributed by atoms with Crippen LogP contribution in [0.1, 0.15) is 42.1 Å². The second-order valence-electron chi connectivity index (χ2n) is 7.19. The highest BCUT2D eigenvalue weighted by Crippen LogP contribution is 2.35. The molecule has 3 aromatic rings. The molecule has 1 amide bonds. The van der Waals surface area contributed by atoms with Gasteiger partial charge in [0.1, 0.15) is 17.6 Å². The molecule has 0 fully saturated rings. The number of rotatable bonds is 10. The Hall–Kier alpha value is -3.56. The van der Waals surface area contributed by atoms with E-state index in [0.29, 0.717) is 35.6 Å². The van der Waals surface area contributed by atoms with Gasteiger partial charge in [-0.3, -0.25) is 4.79 Å². The molecule has 0 saturated heterocycles. The Morgan fingerprint density at radius 3 is 2.34 bits per heavy atom. The Kier molecular flexibility index (Phi) is 8.47. The van der Waals surface area contributed by atoms with Gasteiger partial charge in [0.15, 0.2) is 0 Å². The molecule has 0 spiro atoms. The highest BCUT2D eigenvalue weighted by molar-refractivity contribution is 7.99. The summed E-state index contributed by atoms with van der Waals surface area (Å²) < 4.78 is 5.68.